The molecule has 0 unspecified atom stereocenters. The van der Waals surface area contributed by atoms with Crippen LogP contribution in [-0.2, 0) is 12.0 Å². The van der Waals surface area contributed by atoms with E-state index in [1.54, 1.807) is 0 Å². The predicted octanol–water partition coefficient (Wildman–Crippen LogP) is 3.09. The van der Waals surface area contributed by atoms with Crippen LogP contribution in [0.5, 0.6) is 0 Å². The molecule has 0 saturated heterocycles. The van der Waals surface area contributed by atoms with Crippen molar-refractivity contribution in [3.05, 3.63) is 35.4 Å². The summed E-state index contributed by atoms with van der Waals surface area (Å²) in [6, 6.07) is 8.92. The highest BCUT2D eigenvalue weighted by molar-refractivity contribution is 5.27. The lowest BCUT2D eigenvalue weighted by atomic mass is 9.93. The molecule has 1 N–H and O–H groups in total. The van der Waals surface area contributed by atoms with Crippen LogP contribution in [0.25, 0.3) is 0 Å². The Morgan fingerprint density at radius 2 is 1.71 bits per heavy atom. The van der Waals surface area contributed by atoms with Gasteiger partial charge in [-0.05, 0) is 38.4 Å². The third-order valence-corrected chi connectivity index (χ3v) is 2.84. The zero-order valence-electron chi connectivity index (χ0n) is 9.72. The van der Waals surface area contributed by atoms with Gasteiger partial charge in [-0.1, -0.05) is 37.6 Å². The Morgan fingerprint density at radius 1 is 1.14 bits per heavy atom. The lowest BCUT2D eigenvalue weighted by Crippen LogP contribution is -2.32. The number of hydrogen-bond donors (Lipinski definition) is 1. The minimum absolute atomic E-state index is 0.0742. The van der Waals surface area contributed by atoms with E-state index in [-0.39, 0.29) is 5.54 Å². The molecule has 0 aromatic heterocycles. The monoisotopic (exact) mass is 191 g/mol. The molecule has 0 aliphatic rings. The van der Waals surface area contributed by atoms with E-state index in [0.717, 1.165) is 0 Å². The van der Waals surface area contributed by atoms with Gasteiger partial charge in [0.2, 0.25) is 0 Å². The molecule has 1 aromatic rings. The van der Waals surface area contributed by atoms with Crippen LogP contribution in [0.4, 0.5) is 0 Å². The van der Waals surface area contributed by atoms with Crippen LogP contribution in [0.1, 0.15) is 38.3 Å². The maximum atomic E-state index is 3.31. The van der Waals surface area contributed by atoms with Gasteiger partial charge >= 0.3 is 0 Å². The van der Waals surface area contributed by atoms with Gasteiger partial charge in [-0.3, -0.25) is 0 Å². The first-order valence-corrected chi connectivity index (χ1v) is 5.38. The maximum Gasteiger partial charge on any atom is 0.0374 e. The summed E-state index contributed by atoms with van der Waals surface area (Å²) in [5.74, 6) is 0. The lowest BCUT2D eigenvalue weighted by molar-refractivity contribution is 0.444. The Labute approximate surface area is 87.5 Å². The van der Waals surface area contributed by atoms with E-state index in [2.05, 4.69) is 50.4 Å². The van der Waals surface area contributed by atoms with Crippen LogP contribution >= 0.6 is 0 Å². The van der Waals surface area contributed by atoms with Gasteiger partial charge in [-0.15, -0.1) is 0 Å². The number of aryl methyl sites for hydroxylation is 1. The molecule has 0 aliphatic carbocycles. The Morgan fingerprint density at radius 3 is 2.14 bits per heavy atom. The van der Waals surface area contributed by atoms with E-state index in [1.807, 2.05) is 7.05 Å². The van der Waals surface area contributed by atoms with E-state index in [4.69, 9.17) is 0 Å². The van der Waals surface area contributed by atoms with Crippen LogP contribution in [0, 0.1) is 0 Å². The molecule has 0 heterocycles. The zero-order chi connectivity index (χ0) is 10.6. The van der Waals surface area contributed by atoms with Crippen molar-refractivity contribution in [1.82, 2.24) is 5.32 Å². The van der Waals surface area contributed by atoms with Gasteiger partial charge in [0.15, 0.2) is 0 Å². The Hall–Kier alpha value is -0.820. The third-order valence-electron chi connectivity index (χ3n) is 2.84. The summed E-state index contributed by atoms with van der Waals surface area (Å²) in [6.45, 7) is 6.61. The van der Waals surface area contributed by atoms with Crippen LogP contribution < -0.4 is 5.32 Å². The summed E-state index contributed by atoms with van der Waals surface area (Å²) in [5, 5.41) is 3.31. The molecule has 1 heteroatoms. The number of hydrogen-bond acceptors (Lipinski definition) is 1. The quantitative estimate of drug-likeness (QED) is 0.771. The first kappa shape index (κ1) is 11.3. The molecule has 0 spiro atoms. The third kappa shape index (κ3) is 2.58. The summed E-state index contributed by atoms with van der Waals surface area (Å²) in [7, 11) is 2.00. The van der Waals surface area contributed by atoms with Gasteiger partial charge < -0.3 is 5.32 Å². The fraction of sp³-hybridized carbons (Fsp3) is 0.538. The predicted molar refractivity (Wildman–Crippen MR) is 62.5 cm³/mol. The lowest BCUT2D eigenvalue weighted by Gasteiger charge is -2.24. The van der Waals surface area contributed by atoms with Gasteiger partial charge in [0.05, 0.1) is 0 Å². The van der Waals surface area contributed by atoms with E-state index in [1.165, 1.54) is 24.0 Å². The van der Waals surface area contributed by atoms with Crippen LogP contribution in [0.3, 0.4) is 0 Å². The van der Waals surface area contributed by atoms with Gasteiger partial charge in [-0.25, -0.2) is 0 Å². The average molecular weight is 191 g/mol. The molecule has 0 saturated carbocycles. The van der Waals surface area contributed by atoms with E-state index in [0.29, 0.717) is 0 Å². The summed E-state index contributed by atoms with van der Waals surface area (Å²) < 4.78 is 0. The minimum atomic E-state index is 0.0742. The van der Waals surface area contributed by atoms with Crippen molar-refractivity contribution in [3.8, 4) is 0 Å². The highest BCUT2D eigenvalue weighted by Crippen LogP contribution is 2.19. The first-order chi connectivity index (χ1) is 6.60. The van der Waals surface area contributed by atoms with Gasteiger partial charge in [0.25, 0.3) is 0 Å². The van der Waals surface area contributed by atoms with Crippen molar-refractivity contribution in [2.45, 2.75) is 39.2 Å². The summed E-state index contributed by atoms with van der Waals surface area (Å²) in [5.41, 5.74) is 2.85. The molecule has 0 atom stereocenters. The van der Waals surface area contributed by atoms with Crippen LogP contribution in [-0.4, -0.2) is 7.05 Å². The molecule has 0 radical (unpaired) electrons. The van der Waals surface area contributed by atoms with Crippen molar-refractivity contribution < 1.29 is 0 Å². The van der Waals surface area contributed by atoms with Crippen LogP contribution in [0.2, 0.25) is 0 Å². The highest BCUT2D eigenvalue weighted by Gasteiger charge is 2.16. The van der Waals surface area contributed by atoms with Crippen molar-refractivity contribution in [2.75, 3.05) is 7.05 Å². The number of benzene rings is 1. The fourth-order valence-electron chi connectivity index (χ4n) is 1.52. The van der Waals surface area contributed by atoms with E-state index in [9.17, 15) is 0 Å². The minimum Gasteiger partial charge on any atom is -0.311 e. The summed E-state index contributed by atoms with van der Waals surface area (Å²) >= 11 is 0. The Balaban J connectivity index is 2.82. The molecule has 78 valence electrons. The van der Waals surface area contributed by atoms with Gasteiger partial charge in [0, 0.05) is 5.54 Å². The second kappa shape index (κ2) is 4.61. The maximum absolute atomic E-state index is 3.31. The largest absolute Gasteiger partial charge is 0.311 e. The molecule has 0 fully saturated rings. The summed E-state index contributed by atoms with van der Waals surface area (Å²) in [4.78, 5) is 0. The molecule has 1 nitrogen and oxygen atoms in total. The van der Waals surface area contributed by atoms with E-state index >= 15 is 0 Å². The number of nitrogens with one attached hydrogen (secondary N) is 1. The van der Waals surface area contributed by atoms with Gasteiger partial charge in [0.1, 0.15) is 0 Å². The van der Waals surface area contributed by atoms with Gasteiger partial charge in [-0.2, -0.15) is 0 Å². The SMILES string of the molecule is CCCc1ccc(C(C)(C)NC)cc1. The molecule has 0 aliphatic heterocycles. The van der Waals surface area contributed by atoms with E-state index < -0.39 is 0 Å². The first-order valence-electron chi connectivity index (χ1n) is 5.38. The molecule has 0 amide bonds. The van der Waals surface area contributed by atoms with Crippen LogP contribution in [0.15, 0.2) is 24.3 Å². The molecule has 14 heavy (non-hydrogen) atoms. The smallest absolute Gasteiger partial charge is 0.0374 e. The molecule has 0 bridgehead atoms. The molecule has 1 aromatic carbocycles. The zero-order valence-corrected chi connectivity index (χ0v) is 9.72. The Kier molecular flexibility index (Phi) is 3.70. The highest BCUT2D eigenvalue weighted by atomic mass is 14.9. The normalized spacial score (nSPS) is 11.7. The standard InChI is InChI=1S/C13H21N/c1-5-6-11-7-9-12(10-8-11)13(2,3)14-4/h7-10,14H,5-6H2,1-4H3. The topological polar surface area (TPSA) is 12.0 Å². The second-order valence-electron chi connectivity index (χ2n) is 4.32. The van der Waals surface area contributed by atoms with Crippen molar-refractivity contribution in [3.63, 3.8) is 0 Å². The number of rotatable bonds is 4. The Bertz CT molecular complexity index is 272. The average Bonchev–Trinajstić information content (AvgIpc) is 2.19. The molecular weight excluding hydrogens is 170 g/mol. The molecule has 1 rings (SSSR count). The second-order valence-corrected chi connectivity index (χ2v) is 4.32. The van der Waals surface area contributed by atoms with Crippen molar-refractivity contribution in [2.24, 2.45) is 0 Å². The fourth-order valence-corrected chi connectivity index (χ4v) is 1.52. The van der Waals surface area contributed by atoms with Crippen molar-refractivity contribution >= 4 is 0 Å². The molecular formula is C13H21N. The summed E-state index contributed by atoms with van der Waals surface area (Å²) in [6.07, 6.45) is 2.40. The van der Waals surface area contributed by atoms with Crippen molar-refractivity contribution in [1.29, 1.82) is 0 Å².